The fourth-order valence-electron chi connectivity index (χ4n) is 3.05. The van der Waals surface area contributed by atoms with E-state index < -0.39 is 11.3 Å². The maximum absolute atomic E-state index is 10.9. The van der Waals surface area contributed by atoms with Crippen molar-refractivity contribution in [3.63, 3.8) is 0 Å². The number of hydrogen-bond donors (Lipinski definition) is 4. The summed E-state index contributed by atoms with van der Waals surface area (Å²) < 4.78 is 25.2. The van der Waals surface area contributed by atoms with Gasteiger partial charge in [-0.05, 0) is 51.1 Å². The lowest BCUT2D eigenvalue weighted by Gasteiger charge is -2.13. The average Bonchev–Trinajstić information content (AvgIpc) is 3.10. The molecule has 8 nitrogen and oxygen atoms in total. The minimum absolute atomic E-state index is 0.233. The first-order chi connectivity index (χ1) is 14.5. The number of nitrogens with zero attached hydrogens (tertiary/aromatic N) is 3. The molecule has 2 aromatic carbocycles. The van der Waals surface area contributed by atoms with Gasteiger partial charge in [0.25, 0.3) is 0 Å². The van der Waals surface area contributed by atoms with Gasteiger partial charge in [0.05, 0.1) is 4.47 Å². The van der Waals surface area contributed by atoms with E-state index in [0.717, 1.165) is 27.8 Å². The van der Waals surface area contributed by atoms with Crippen LogP contribution in [0.4, 0.5) is 23.1 Å². The predicted molar refractivity (Wildman–Crippen MR) is 123 cm³/mol. The van der Waals surface area contributed by atoms with Crippen LogP contribution in [0.1, 0.15) is 5.56 Å². The molecule has 4 rings (SSSR count). The summed E-state index contributed by atoms with van der Waals surface area (Å²) in [5.41, 5.74) is 3.59. The van der Waals surface area contributed by atoms with Crippen molar-refractivity contribution in [1.29, 1.82) is 0 Å². The zero-order valence-corrected chi connectivity index (χ0v) is 18.4. The van der Waals surface area contributed by atoms with Crippen molar-refractivity contribution in [2.75, 3.05) is 10.6 Å². The molecule has 4 aromatic rings. The highest BCUT2D eigenvalue weighted by atomic mass is 79.9. The Morgan fingerprint density at radius 1 is 1.17 bits per heavy atom. The zero-order valence-electron chi connectivity index (χ0n) is 16.0. The van der Waals surface area contributed by atoms with E-state index in [1.165, 1.54) is 0 Å². The van der Waals surface area contributed by atoms with Gasteiger partial charge in [-0.1, -0.05) is 24.3 Å². The van der Waals surface area contributed by atoms with E-state index in [-0.39, 0.29) is 6.54 Å². The van der Waals surface area contributed by atoms with Crippen LogP contribution < -0.4 is 15.4 Å². The van der Waals surface area contributed by atoms with Gasteiger partial charge in [-0.3, -0.25) is 4.55 Å². The van der Waals surface area contributed by atoms with Gasteiger partial charge in [0.2, 0.25) is 17.2 Å². The number of rotatable bonds is 7. The molecule has 0 saturated carbocycles. The standard InChI is InChI=1S/C20H19BrN6O2S/c1-27-9-8-13-6-7-15(10-18(13)27)24-20-22-12-16(21)19(26-20)25-17-5-3-2-4-14(17)11-23-30(28)29/h2-10,12,23H,11H2,1H3,(H,28,29)(H2,22,24,25,26). The minimum Gasteiger partial charge on any atom is -0.350 e. The van der Waals surface area contributed by atoms with Gasteiger partial charge in [-0.2, -0.15) is 4.98 Å². The Kier molecular flexibility index (Phi) is 6.09. The van der Waals surface area contributed by atoms with Gasteiger partial charge in [0.15, 0.2) is 0 Å². The van der Waals surface area contributed by atoms with Gasteiger partial charge < -0.3 is 15.2 Å². The fourth-order valence-corrected chi connectivity index (χ4v) is 3.62. The second-order valence-electron chi connectivity index (χ2n) is 6.57. The van der Waals surface area contributed by atoms with E-state index in [0.29, 0.717) is 16.2 Å². The summed E-state index contributed by atoms with van der Waals surface area (Å²) in [4.78, 5) is 8.92. The fraction of sp³-hybridized carbons (Fsp3) is 0.100. The summed E-state index contributed by atoms with van der Waals surface area (Å²) in [7, 11) is 2.00. The van der Waals surface area contributed by atoms with Crippen molar-refractivity contribution >= 4 is 61.2 Å². The third-order valence-electron chi connectivity index (χ3n) is 4.54. The SMILES string of the molecule is Cn1ccc2ccc(Nc3ncc(Br)c(Nc4ccccc4CNS(=O)O)n3)cc21. The highest BCUT2D eigenvalue weighted by molar-refractivity contribution is 9.10. The van der Waals surface area contributed by atoms with Crippen molar-refractivity contribution in [1.82, 2.24) is 19.3 Å². The summed E-state index contributed by atoms with van der Waals surface area (Å²) in [6, 6.07) is 15.6. The Hall–Kier alpha value is -2.79. The summed E-state index contributed by atoms with van der Waals surface area (Å²) >= 11 is 1.39. The van der Waals surface area contributed by atoms with Crippen molar-refractivity contribution in [3.8, 4) is 0 Å². The van der Waals surface area contributed by atoms with Gasteiger partial charge in [0, 0.05) is 42.9 Å². The molecule has 0 radical (unpaired) electrons. The van der Waals surface area contributed by atoms with Crippen molar-refractivity contribution < 1.29 is 8.76 Å². The number of aryl methyl sites for hydroxylation is 1. The smallest absolute Gasteiger partial charge is 0.232 e. The van der Waals surface area contributed by atoms with Gasteiger partial charge in [-0.15, -0.1) is 0 Å². The van der Waals surface area contributed by atoms with Gasteiger partial charge in [-0.25, -0.2) is 13.9 Å². The number of aromatic nitrogens is 3. The van der Waals surface area contributed by atoms with Crippen LogP contribution in [0.15, 0.2) is 65.4 Å². The molecule has 0 bridgehead atoms. The molecule has 0 aliphatic carbocycles. The number of anilines is 4. The maximum Gasteiger partial charge on any atom is 0.232 e. The number of para-hydroxylation sites is 1. The van der Waals surface area contributed by atoms with Crippen LogP contribution in [0.5, 0.6) is 0 Å². The van der Waals surface area contributed by atoms with E-state index in [9.17, 15) is 4.21 Å². The Bertz CT molecular complexity index is 1230. The van der Waals surface area contributed by atoms with Crippen molar-refractivity contribution in [2.24, 2.45) is 7.05 Å². The van der Waals surface area contributed by atoms with Crippen LogP contribution in [-0.4, -0.2) is 23.3 Å². The molecule has 2 aromatic heterocycles. The second kappa shape index (κ2) is 8.92. The molecule has 30 heavy (non-hydrogen) atoms. The molecule has 154 valence electrons. The number of halogens is 1. The van der Waals surface area contributed by atoms with E-state index in [2.05, 4.69) is 51.9 Å². The van der Waals surface area contributed by atoms with Crippen LogP contribution >= 0.6 is 15.9 Å². The van der Waals surface area contributed by atoms with E-state index in [1.54, 1.807) is 6.20 Å². The number of benzene rings is 2. The molecule has 0 aliphatic heterocycles. The van der Waals surface area contributed by atoms with Crippen molar-refractivity contribution in [3.05, 3.63) is 71.0 Å². The number of fused-ring (bicyclic) bond motifs is 1. The van der Waals surface area contributed by atoms with E-state index >= 15 is 0 Å². The molecule has 2 heterocycles. The van der Waals surface area contributed by atoms with Crippen LogP contribution in [-0.2, 0) is 24.9 Å². The van der Waals surface area contributed by atoms with Crippen molar-refractivity contribution in [2.45, 2.75) is 6.54 Å². The molecule has 0 spiro atoms. The first-order valence-electron chi connectivity index (χ1n) is 9.03. The zero-order chi connectivity index (χ0) is 21.1. The summed E-state index contributed by atoms with van der Waals surface area (Å²) in [5, 5.41) is 7.66. The Morgan fingerprint density at radius 2 is 2.00 bits per heavy atom. The first kappa shape index (κ1) is 20.5. The second-order valence-corrected chi connectivity index (χ2v) is 8.21. The normalized spacial score (nSPS) is 12.1. The Morgan fingerprint density at radius 3 is 2.83 bits per heavy atom. The molecule has 1 unspecified atom stereocenters. The molecule has 4 N–H and O–H groups in total. The quantitative estimate of drug-likeness (QED) is 0.288. The molecule has 10 heteroatoms. The average molecular weight is 487 g/mol. The molecule has 1 atom stereocenters. The highest BCUT2D eigenvalue weighted by Gasteiger charge is 2.10. The minimum atomic E-state index is -2.08. The monoisotopic (exact) mass is 486 g/mol. The van der Waals surface area contributed by atoms with Crippen LogP contribution in [0.2, 0.25) is 0 Å². The third kappa shape index (κ3) is 4.68. The lowest BCUT2D eigenvalue weighted by Crippen LogP contribution is -2.16. The highest BCUT2D eigenvalue weighted by Crippen LogP contribution is 2.28. The van der Waals surface area contributed by atoms with Gasteiger partial charge >= 0.3 is 0 Å². The van der Waals surface area contributed by atoms with Crippen LogP contribution in [0.25, 0.3) is 10.9 Å². The largest absolute Gasteiger partial charge is 0.350 e. The van der Waals surface area contributed by atoms with Gasteiger partial charge in [0.1, 0.15) is 5.82 Å². The summed E-state index contributed by atoms with van der Waals surface area (Å²) in [6.07, 6.45) is 3.69. The number of nitrogens with one attached hydrogen (secondary N) is 3. The third-order valence-corrected chi connectivity index (χ3v) is 5.52. The Labute approximate surface area is 184 Å². The van der Waals surface area contributed by atoms with E-state index in [4.69, 9.17) is 4.55 Å². The molecule has 0 aliphatic rings. The van der Waals surface area contributed by atoms with E-state index in [1.807, 2.05) is 55.7 Å². The maximum atomic E-state index is 10.9. The molecule has 0 saturated heterocycles. The lowest BCUT2D eigenvalue weighted by atomic mass is 10.2. The summed E-state index contributed by atoms with van der Waals surface area (Å²) in [6.45, 7) is 0.233. The summed E-state index contributed by atoms with van der Waals surface area (Å²) in [5.74, 6) is 1.02. The topological polar surface area (TPSA) is 104 Å². The Balaban J connectivity index is 1.58. The first-order valence-corrected chi connectivity index (χ1v) is 10.9. The molecular formula is C20H19BrN6O2S. The predicted octanol–water partition coefficient (Wildman–Crippen LogP) is 4.44. The molecule has 0 amide bonds. The molecule has 0 fully saturated rings. The lowest BCUT2D eigenvalue weighted by molar-refractivity contribution is 0.549. The van der Waals surface area contributed by atoms with Crippen LogP contribution in [0.3, 0.4) is 0 Å². The van der Waals surface area contributed by atoms with Crippen LogP contribution in [0, 0.1) is 0 Å². The number of hydrogen-bond acceptors (Lipinski definition) is 5. The molecular weight excluding hydrogens is 468 g/mol.